The number of halogens is 1. The number of fused-ring (bicyclic) bond motifs is 1. The van der Waals surface area contributed by atoms with Gasteiger partial charge < -0.3 is 4.74 Å². The Bertz CT molecular complexity index is 843. The first-order valence-electron chi connectivity index (χ1n) is 6.52. The van der Waals surface area contributed by atoms with Crippen molar-refractivity contribution >= 4 is 39.8 Å². The summed E-state index contributed by atoms with van der Waals surface area (Å²) in [4.78, 5) is 16.8. The predicted molar refractivity (Wildman–Crippen MR) is 85.9 cm³/mol. The maximum atomic E-state index is 11.9. The van der Waals surface area contributed by atoms with Crippen molar-refractivity contribution < 1.29 is 9.53 Å². The number of thiazole rings is 1. The van der Waals surface area contributed by atoms with Crippen molar-refractivity contribution in [3.63, 3.8) is 0 Å². The summed E-state index contributed by atoms with van der Waals surface area (Å²) in [6.07, 6.45) is 0. The van der Waals surface area contributed by atoms with Crippen LogP contribution in [0.25, 0.3) is 4.96 Å². The number of benzene rings is 1. The van der Waals surface area contributed by atoms with Crippen molar-refractivity contribution in [2.24, 2.45) is 0 Å². The van der Waals surface area contributed by atoms with Crippen molar-refractivity contribution in [1.82, 2.24) is 14.6 Å². The summed E-state index contributed by atoms with van der Waals surface area (Å²) >= 11 is 7.41. The first-order chi connectivity index (χ1) is 10.5. The zero-order valence-corrected chi connectivity index (χ0v) is 13.5. The Kier molecular flexibility index (Phi) is 4.00. The van der Waals surface area contributed by atoms with E-state index in [0.717, 1.165) is 16.2 Å². The van der Waals surface area contributed by atoms with Gasteiger partial charge >= 0.3 is 0 Å². The van der Waals surface area contributed by atoms with E-state index in [9.17, 15) is 4.79 Å². The normalized spacial score (nSPS) is 10.9. The summed E-state index contributed by atoms with van der Waals surface area (Å²) in [7, 11) is 0. The number of aromatic nitrogens is 3. The minimum atomic E-state index is -0.316. The quantitative estimate of drug-likeness (QED) is 0.795. The first-order valence-corrected chi connectivity index (χ1v) is 7.78. The smallest absolute Gasteiger partial charge is 0.264 e. The SMILES string of the molecule is Cc1cc(OCC(=O)Nc2nc3scc(C)n3n2)ccc1Cl. The molecule has 0 saturated carbocycles. The van der Waals surface area contributed by atoms with E-state index in [0.29, 0.717) is 10.8 Å². The zero-order valence-electron chi connectivity index (χ0n) is 12.0. The summed E-state index contributed by atoms with van der Waals surface area (Å²) in [5.74, 6) is 0.547. The lowest BCUT2D eigenvalue weighted by Crippen LogP contribution is -2.21. The number of carbonyl (C=O) groups excluding carboxylic acids is 1. The van der Waals surface area contributed by atoms with Gasteiger partial charge in [0.1, 0.15) is 5.75 Å². The van der Waals surface area contributed by atoms with Crippen LogP contribution in [-0.4, -0.2) is 27.1 Å². The van der Waals surface area contributed by atoms with Crippen molar-refractivity contribution in [1.29, 1.82) is 0 Å². The van der Waals surface area contributed by atoms with Gasteiger partial charge in [-0.15, -0.1) is 16.4 Å². The summed E-state index contributed by atoms with van der Waals surface area (Å²) < 4.78 is 7.11. The number of hydrogen-bond acceptors (Lipinski definition) is 5. The van der Waals surface area contributed by atoms with Crippen LogP contribution in [0, 0.1) is 13.8 Å². The standard InChI is InChI=1S/C14H13ClN4O2S/c1-8-5-10(3-4-11(8)15)21-6-12(20)16-13-17-14-19(18-13)9(2)7-22-14/h3-5,7H,6H2,1-2H3,(H,16,18,20). The van der Waals surface area contributed by atoms with Gasteiger partial charge in [-0.1, -0.05) is 11.6 Å². The number of rotatable bonds is 4. The second-order valence-electron chi connectivity index (χ2n) is 4.75. The average Bonchev–Trinajstić information content (AvgIpc) is 3.02. The van der Waals surface area contributed by atoms with Gasteiger partial charge in [0.05, 0.1) is 5.69 Å². The molecule has 1 aromatic carbocycles. The Morgan fingerprint density at radius 1 is 1.45 bits per heavy atom. The molecule has 8 heteroatoms. The highest BCUT2D eigenvalue weighted by Gasteiger charge is 2.11. The average molecular weight is 337 g/mol. The monoisotopic (exact) mass is 336 g/mol. The fourth-order valence-corrected chi connectivity index (χ4v) is 2.78. The van der Waals surface area contributed by atoms with Crippen LogP contribution in [0.5, 0.6) is 5.75 Å². The highest BCUT2D eigenvalue weighted by atomic mass is 35.5. The van der Waals surface area contributed by atoms with E-state index in [-0.39, 0.29) is 18.5 Å². The van der Waals surface area contributed by atoms with Gasteiger partial charge in [-0.3, -0.25) is 10.1 Å². The van der Waals surface area contributed by atoms with Gasteiger partial charge in [0, 0.05) is 10.4 Å². The maximum absolute atomic E-state index is 11.9. The van der Waals surface area contributed by atoms with Crippen molar-refractivity contribution in [3.05, 3.63) is 39.9 Å². The molecule has 0 radical (unpaired) electrons. The molecule has 6 nitrogen and oxygen atoms in total. The largest absolute Gasteiger partial charge is 0.484 e. The Morgan fingerprint density at radius 3 is 3.00 bits per heavy atom. The van der Waals surface area contributed by atoms with Gasteiger partial charge in [-0.2, -0.15) is 4.98 Å². The van der Waals surface area contributed by atoms with E-state index in [2.05, 4.69) is 15.4 Å². The zero-order chi connectivity index (χ0) is 15.7. The van der Waals surface area contributed by atoms with Gasteiger partial charge in [-0.05, 0) is 37.6 Å². The van der Waals surface area contributed by atoms with Crippen LogP contribution in [0.1, 0.15) is 11.3 Å². The van der Waals surface area contributed by atoms with E-state index < -0.39 is 0 Å². The Labute approximate surface area is 135 Å². The minimum absolute atomic E-state index is 0.118. The molecule has 1 N–H and O–H groups in total. The second-order valence-corrected chi connectivity index (χ2v) is 6.00. The molecule has 0 atom stereocenters. The number of hydrogen-bond donors (Lipinski definition) is 1. The molecule has 2 heterocycles. The van der Waals surface area contributed by atoms with E-state index >= 15 is 0 Å². The number of nitrogens with one attached hydrogen (secondary N) is 1. The number of carbonyl (C=O) groups is 1. The van der Waals surface area contributed by atoms with Gasteiger partial charge in [0.25, 0.3) is 11.9 Å². The summed E-state index contributed by atoms with van der Waals surface area (Å²) in [6.45, 7) is 3.68. The highest BCUT2D eigenvalue weighted by molar-refractivity contribution is 7.15. The number of amides is 1. The molecule has 0 spiro atoms. The molecule has 0 unspecified atom stereocenters. The molecule has 3 aromatic rings. The Balaban J connectivity index is 1.61. The van der Waals surface area contributed by atoms with Crippen LogP contribution < -0.4 is 10.1 Å². The number of anilines is 1. The van der Waals surface area contributed by atoms with Crippen molar-refractivity contribution in [2.45, 2.75) is 13.8 Å². The third-order valence-corrected chi connectivity index (χ3v) is 4.36. The molecule has 0 aliphatic rings. The van der Waals surface area contributed by atoms with Crippen LogP contribution in [0.15, 0.2) is 23.6 Å². The maximum Gasteiger partial charge on any atom is 0.264 e. The van der Waals surface area contributed by atoms with E-state index in [1.807, 2.05) is 19.2 Å². The lowest BCUT2D eigenvalue weighted by Gasteiger charge is -2.07. The molecule has 114 valence electrons. The van der Waals surface area contributed by atoms with E-state index in [1.165, 1.54) is 11.3 Å². The van der Waals surface area contributed by atoms with Crippen LogP contribution in [0.3, 0.4) is 0 Å². The molecule has 0 saturated heterocycles. The summed E-state index contributed by atoms with van der Waals surface area (Å²) in [5.41, 5.74) is 1.87. The number of ether oxygens (including phenoxy) is 1. The molecular formula is C14H13ClN4O2S. The third-order valence-electron chi connectivity index (χ3n) is 3.00. The van der Waals surface area contributed by atoms with Crippen LogP contribution in [-0.2, 0) is 4.79 Å². The number of aryl methyl sites for hydroxylation is 2. The Morgan fingerprint density at radius 2 is 2.27 bits per heavy atom. The molecule has 0 fully saturated rings. The summed E-state index contributed by atoms with van der Waals surface area (Å²) in [6, 6.07) is 5.23. The molecule has 0 aliphatic heterocycles. The molecule has 2 aromatic heterocycles. The molecule has 22 heavy (non-hydrogen) atoms. The predicted octanol–water partition coefficient (Wildman–Crippen LogP) is 3.08. The van der Waals surface area contributed by atoms with Gasteiger partial charge in [0.2, 0.25) is 4.96 Å². The van der Waals surface area contributed by atoms with E-state index in [4.69, 9.17) is 16.3 Å². The molecule has 3 rings (SSSR count). The molecule has 1 amide bonds. The first kappa shape index (κ1) is 14.8. The minimum Gasteiger partial charge on any atom is -0.484 e. The van der Waals surface area contributed by atoms with E-state index in [1.54, 1.807) is 22.7 Å². The van der Waals surface area contributed by atoms with Crippen LogP contribution in [0.2, 0.25) is 5.02 Å². The second kappa shape index (κ2) is 5.94. The van der Waals surface area contributed by atoms with Gasteiger partial charge in [0.15, 0.2) is 6.61 Å². The van der Waals surface area contributed by atoms with Crippen molar-refractivity contribution in [2.75, 3.05) is 11.9 Å². The lowest BCUT2D eigenvalue weighted by atomic mass is 10.2. The van der Waals surface area contributed by atoms with Gasteiger partial charge in [-0.25, -0.2) is 4.52 Å². The molecule has 0 aliphatic carbocycles. The Hall–Kier alpha value is -2.12. The third kappa shape index (κ3) is 3.05. The summed E-state index contributed by atoms with van der Waals surface area (Å²) in [5, 5.41) is 9.43. The van der Waals surface area contributed by atoms with Crippen molar-refractivity contribution in [3.8, 4) is 5.75 Å². The topological polar surface area (TPSA) is 68.5 Å². The highest BCUT2D eigenvalue weighted by Crippen LogP contribution is 2.21. The number of nitrogens with zero attached hydrogens (tertiary/aromatic N) is 3. The molecule has 0 bridgehead atoms. The molecular weight excluding hydrogens is 324 g/mol. The fraction of sp³-hybridized carbons (Fsp3) is 0.214. The van der Waals surface area contributed by atoms with Crippen LogP contribution >= 0.6 is 22.9 Å². The fourth-order valence-electron chi connectivity index (χ4n) is 1.86. The lowest BCUT2D eigenvalue weighted by molar-refractivity contribution is -0.118. The van der Waals surface area contributed by atoms with Crippen LogP contribution in [0.4, 0.5) is 5.95 Å².